The summed E-state index contributed by atoms with van der Waals surface area (Å²) in [6.45, 7) is 4.05. The Labute approximate surface area is 125 Å². The van der Waals surface area contributed by atoms with E-state index in [0.29, 0.717) is 25.4 Å². The molecule has 0 aliphatic carbocycles. The summed E-state index contributed by atoms with van der Waals surface area (Å²) < 4.78 is 42.6. The Morgan fingerprint density at radius 1 is 1.14 bits per heavy atom. The van der Waals surface area contributed by atoms with Crippen molar-refractivity contribution in [1.29, 1.82) is 0 Å². The van der Waals surface area contributed by atoms with Crippen LogP contribution in [0.5, 0.6) is 5.75 Å². The van der Waals surface area contributed by atoms with Crippen LogP contribution in [0.4, 0.5) is 4.39 Å². The molecule has 1 aromatic carbocycles. The van der Waals surface area contributed by atoms with E-state index < -0.39 is 10.0 Å². The minimum absolute atomic E-state index is 0.272. The topological polar surface area (TPSA) is 49.9 Å². The number of hydrogen-bond acceptors (Lipinski definition) is 4. The van der Waals surface area contributed by atoms with Gasteiger partial charge in [0.25, 0.3) is 0 Å². The van der Waals surface area contributed by atoms with E-state index in [9.17, 15) is 12.8 Å². The van der Waals surface area contributed by atoms with Gasteiger partial charge in [-0.2, -0.15) is 4.31 Å². The fraction of sp³-hybridized carbons (Fsp3) is 0.571. The fourth-order valence-corrected chi connectivity index (χ4v) is 3.12. The summed E-state index contributed by atoms with van der Waals surface area (Å²) >= 11 is 0. The van der Waals surface area contributed by atoms with E-state index in [1.807, 2.05) is 0 Å². The molecule has 0 aromatic heterocycles. The van der Waals surface area contributed by atoms with Gasteiger partial charge in [-0.25, -0.2) is 12.8 Å². The number of sulfonamides is 1. The molecule has 5 nitrogen and oxygen atoms in total. The van der Waals surface area contributed by atoms with Gasteiger partial charge >= 0.3 is 0 Å². The molecule has 118 valence electrons. The predicted octanol–water partition coefficient (Wildman–Crippen LogP) is 1.17. The van der Waals surface area contributed by atoms with Crippen LogP contribution in [0.3, 0.4) is 0 Å². The molecule has 1 fully saturated rings. The van der Waals surface area contributed by atoms with Crippen molar-refractivity contribution in [3.8, 4) is 5.75 Å². The maximum Gasteiger partial charge on any atom is 0.211 e. The number of nitrogens with zero attached hydrogens (tertiary/aromatic N) is 2. The molecule has 0 saturated carbocycles. The third-order valence-corrected chi connectivity index (χ3v) is 4.80. The number of hydrogen-bond donors (Lipinski definition) is 0. The zero-order valence-corrected chi connectivity index (χ0v) is 13.0. The maximum atomic E-state index is 12.7. The predicted molar refractivity (Wildman–Crippen MR) is 79.4 cm³/mol. The normalized spacial score (nSPS) is 17.8. The number of benzene rings is 1. The lowest BCUT2D eigenvalue weighted by Crippen LogP contribution is -2.48. The average molecular weight is 316 g/mol. The minimum atomic E-state index is -3.06. The molecule has 7 heteroatoms. The van der Waals surface area contributed by atoms with E-state index in [1.165, 1.54) is 22.7 Å². The lowest BCUT2D eigenvalue weighted by atomic mass is 10.3. The van der Waals surface area contributed by atoms with Gasteiger partial charge < -0.3 is 9.64 Å². The monoisotopic (exact) mass is 316 g/mol. The van der Waals surface area contributed by atoms with Crippen molar-refractivity contribution < 1.29 is 17.5 Å². The summed E-state index contributed by atoms with van der Waals surface area (Å²) in [5, 5.41) is 0. The van der Waals surface area contributed by atoms with Crippen LogP contribution < -0.4 is 4.74 Å². The van der Waals surface area contributed by atoms with Gasteiger partial charge in [-0.3, -0.25) is 0 Å². The number of halogens is 1. The van der Waals surface area contributed by atoms with Crippen molar-refractivity contribution in [2.45, 2.75) is 6.42 Å². The second-order valence-electron chi connectivity index (χ2n) is 5.16. The molecule has 1 aromatic rings. The van der Waals surface area contributed by atoms with Crippen LogP contribution in [-0.2, 0) is 10.0 Å². The van der Waals surface area contributed by atoms with Crippen LogP contribution in [0.2, 0.25) is 0 Å². The third kappa shape index (κ3) is 5.26. The summed E-state index contributed by atoms with van der Waals surface area (Å²) in [6.07, 6.45) is 2.11. The summed E-state index contributed by atoms with van der Waals surface area (Å²) in [5.74, 6) is 0.393. The molecule has 1 saturated heterocycles. The zero-order valence-electron chi connectivity index (χ0n) is 12.2. The molecular formula is C14H21FN2O3S. The molecule has 0 spiro atoms. The Morgan fingerprint density at radius 2 is 1.76 bits per heavy atom. The smallest absolute Gasteiger partial charge is 0.211 e. The van der Waals surface area contributed by atoms with Gasteiger partial charge in [0.1, 0.15) is 11.6 Å². The van der Waals surface area contributed by atoms with Gasteiger partial charge in [-0.05, 0) is 30.7 Å². The van der Waals surface area contributed by atoms with Gasteiger partial charge in [0.05, 0.1) is 12.9 Å². The quantitative estimate of drug-likeness (QED) is 0.739. The highest BCUT2D eigenvalue weighted by Crippen LogP contribution is 2.11. The van der Waals surface area contributed by atoms with Crippen LogP contribution in [-0.4, -0.2) is 63.2 Å². The van der Waals surface area contributed by atoms with Crippen LogP contribution >= 0.6 is 0 Å². The molecule has 0 atom stereocenters. The Kier molecular flexibility index (Phi) is 5.55. The summed E-state index contributed by atoms with van der Waals surface area (Å²) in [7, 11) is -3.06. The number of piperazine rings is 1. The van der Waals surface area contributed by atoms with Crippen LogP contribution in [0.25, 0.3) is 0 Å². The molecule has 0 unspecified atom stereocenters. The van der Waals surface area contributed by atoms with E-state index in [0.717, 1.165) is 26.1 Å². The highest BCUT2D eigenvalue weighted by Gasteiger charge is 2.22. The molecule has 21 heavy (non-hydrogen) atoms. The average Bonchev–Trinajstić information content (AvgIpc) is 2.45. The first-order chi connectivity index (χ1) is 9.95. The van der Waals surface area contributed by atoms with Crippen molar-refractivity contribution in [2.75, 3.05) is 45.6 Å². The lowest BCUT2D eigenvalue weighted by molar-refractivity contribution is 0.175. The molecule has 1 aliphatic rings. The van der Waals surface area contributed by atoms with Gasteiger partial charge in [0.15, 0.2) is 0 Å². The Hall–Kier alpha value is -1.18. The van der Waals surface area contributed by atoms with Gasteiger partial charge in [-0.15, -0.1) is 0 Å². The SMILES string of the molecule is CS(=O)(=O)N1CCN(CCCOc2ccc(F)cc2)CC1. The molecule has 0 amide bonds. The number of rotatable bonds is 6. The van der Waals surface area contributed by atoms with Crippen LogP contribution in [0.1, 0.15) is 6.42 Å². The summed E-state index contributed by atoms with van der Waals surface area (Å²) in [5.41, 5.74) is 0. The first kappa shape index (κ1) is 16.2. The molecule has 0 radical (unpaired) electrons. The molecule has 1 heterocycles. The lowest BCUT2D eigenvalue weighted by Gasteiger charge is -2.33. The Bertz CT molecular complexity index is 540. The standard InChI is InChI=1S/C14H21FN2O3S/c1-21(18,19)17-10-8-16(9-11-17)7-2-12-20-14-5-3-13(15)4-6-14/h3-6H,2,7-12H2,1H3. The second kappa shape index (κ2) is 7.20. The highest BCUT2D eigenvalue weighted by atomic mass is 32.2. The minimum Gasteiger partial charge on any atom is -0.494 e. The number of ether oxygens (including phenoxy) is 1. The molecule has 0 bridgehead atoms. The van der Waals surface area contributed by atoms with E-state index in [1.54, 1.807) is 12.1 Å². The van der Waals surface area contributed by atoms with Crippen molar-refractivity contribution >= 4 is 10.0 Å². The Morgan fingerprint density at radius 3 is 2.33 bits per heavy atom. The van der Waals surface area contributed by atoms with E-state index in [-0.39, 0.29) is 5.82 Å². The fourth-order valence-electron chi connectivity index (χ4n) is 2.29. The van der Waals surface area contributed by atoms with Gasteiger partial charge in [0, 0.05) is 32.7 Å². The van der Waals surface area contributed by atoms with E-state index >= 15 is 0 Å². The molecular weight excluding hydrogens is 295 g/mol. The second-order valence-corrected chi connectivity index (χ2v) is 7.14. The summed E-state index contributed by atoms with van der Waals surface area (Å²) in [6, 6.07) is 5.97. The largest absolute Gasteiger partial charge is 0.494 e. The highest BCUT2D eigenvalue weighted by molar-refractivity contribution is 7.88. The van der Waals surface area contributed by atoms with Crippen LogP contribution in [0.15, 0.2) is 24.3 Å². The third-order valence-electron chi connectivity index (χ3n) is 3.50. The van der Waals surface area contributed by atoms with Crippen molar-refractivity contribution in [1.82, 2.24) is 9.21 Å². The van der Waals surface area contributed by atoms with Gasteiger partial charge in [0.2, 0.25) is 10.0 Å². The van der Waals surface area contributed by atoms with Gasteiger partial charge in [-0.1, -0.05) is 0 Å². The summed E-state index contributed by atoms with van der Waals surface area (Å²) in [4.78, 5) is 2.23. The van der Waals surface area contributed by atoms with Crippen molar-refractivity contribution in [3.05, 3.63) is 30.1 Å². The molecule has 0 N–H and O–H groups in total. The first-order valence-corrected chi connectivity index (χ1v) is 8.86. The van der Waals surface area contributed by atoms with E-state index in [2.05, 4.69) is 4.90 Å². The van der Waals surface area contributed by atoms with Crippen LogP contribution in [0, 0.1) is 5.82 Å². The Balaban J connectivity index is 1.63. The zero-order chi connectivity index (χ0) is 15.3. The molecule has 1 aliphatic heterocycles. The maximum absolute atomic E-state index is 12.7. The van der Waals surface area contributed by atoms with E-state index in [4.69, 9.17) is 4.74 Å². The van der Waals surface area contributed by atoms with Crippen molar-refractivity contribution in [3.63, 3.8) is 0 Å². The van der Waals surface area contributed by atoms with Crippen molar-refractivity contribution in [2.24, 2.45) is 0 Å². The molecule has 2 rings (SSSR count). The first-order valence-electron chi connectivity index (χ1n) is 7.01.